The van der Waals surface area contributed by atoms with Crippen molar-refractivity contribution in [2.75, 3.05) is 26.2 Å². The predicted octanol–water partition coefficient (Wildman–Crippen LogP) is 2.61. The predicted molar refractivity (Wildman–Crippen MR) is 81.4 cm³/mol. The molecule has 2 bridgehead atoms. The molecule has 0 spiro atoms. The maximum Gasteiger partial charge on any atom is 0.225 e. The molecule has 1 saturated carbocycles. The molecule has 3 heteroatoms. The zero-order valence-corrected chi connectivity index (χ0v) is 13.3. The summed E-state index contributed by atoms with van der Waals surface area (Å²) in [7, 11) is 0. The van der Waals surface area contributed by atoms with Gasteiger partial charge in [0.1, 0.15) is 0 Å². The Bertz CT molecular complexity index is 360. The lowest BCUT2D eigenvalue weighted by molar-refractivity contribution is -0.136. The van der Waals surface area contributed by atoms with Gasteiger partial charge in [-0.25, -0.2) is 0 Å². The zero-order chi connectivity index (χ0) is 14.3. The molecular weight excluding hydrogens is 248 g/mol. The second-order valence-electron chi connectivity index (χ2n) is 7.77. The Morgan fingerprint density at radius 1 is 1.20 bits per heavy atom. The minimum atomic E-state index is 0.163. The van der Waals surface area contributed by atoms with Gasteiger partial charge in [0.2, 0.25) is 5.91 Å². The smallest absolute Gasteiger partial charge is 0.225 e. The Morgan fingerprint density at radius 2 is 1.90 bits per heavy atom. The van der Waals surface area contributed by atoms with Crippen LogP contribution < -0.4 is 0 Å². The van der Waals surface area contributed by atoms with Gasteiger partial charge in [0, 0.05) is 25.0 Å². The fourth-order valence-corrected chi connectivity index (χ4v) is 4.46. The highest BCUT2D eigenvalue weighted by atomic mass is 16.2. The van der Waals surface area contributed by atoms with E-state index in [9.17, 15) is 4.79 Å². The van der Waals surface area contributed by atoms with Gasteiger partial charge < -0.3 is 9.80 Å². The number of carbonyl (C=O) groups is 1. The number of piperidine rings is 2. The summed E-state index contributed by atoms with van der Waals surface area (Å²) in [6, 6.07) is 0.559. The molecule has 3 unspecified atom stereocenters. The van der Waals surface area contributed by atoms with E-state index in [4.69, 9.17) is 0 Å². The van der Waals surface area contributed by atoms with Crippen LogP contribution in [0.1, 0.15) is 46.5 Å². The van der Waals surface area contributed by atoms with Gasteiger partial charge in [-0.05, 0) is 56.5 Å². The van der Waals surface area contributed by atoms with Crippen LogP contribution in [0.2, 0.25) is 0 Å². The van der Waals surface area contributed by atoms with Gasteiger partial charge in [-0.2, -0.15) is 0 Å². The molecule has 20 heavy (non-hydrogen) atoms. The van der Waals surface area contributed by atoms with E-state index >= 15 is 0 Å². The molecule has 0 aromatic rings. The summed E-state index contributed by atoms with van der Waals surface area (Å²) in [6.07, 6.45) is 5.28. The van der Waals surface area contributed by atoms with Crippen molar-refractivity contribution in [1.82, 2.24) is 9.80 Å². The summed E-state index contributed by atoms with van der Waals surface area (Å²) in [5.74, 6) is 3.09. The lowest BCUT2D eigenvalue weighted by atomic mass is 9.91. The monoisotopic (exact) mass is 278 g/mol. The van der Waals surface area contributed by atoms with Crippen molar-refractivity contribution in [2.45, 2.75) is 52.5 Å². The van der Waals surface area contributed by atoms with Gasteiger partial charge in [0.25, 0.3) is 0 Å². The second-order valence-corrected chi connectivity index (χ2v) is 7.77. The molecule has 0 N–H and O–H groups in total. The molecular formula is C17H30N2O. The van der Waals surface area contributed by atoms with Crippen LogP contribution in [0.4, 0.5) is 0 Å². The number of likely N-dealkylation sites (tertiary alicyclic amines) is 2. The Kier molecular flexibility index (Phi) is 4.07. The average Bonchev–Trinajstić information content (AvgIpc) is 3.00. The molecule has 114 valence electrons. The summed E-state index contributed by atoms with van der Waals surface area (Å²) in [5, 5.41) is 0. The third-order valence-corrected chi connectivity index (χ3v) is 5.83. The van der Waals surface area contributed by atoms with E-state index in [0.717, 1.165) is 24.3 Å². The quantitative estimate of drug-likeness (QED) is 0.792. The lowest BCUT2D eigenvalue weighted by Gasteiger charge is -2.37. The van der Waals surface area contributed by atoms with Crippen LogP contribution in [0.5, 0.6) is 0 Å². The standard InChI is InChI=1S/C17H30N2O/c1-12(2)17(20)19-11-15-9-16(19)8-14(15)10-18-6-4-13(3)5-7-18/h12-16H,4-11H2,1-3H3. The first-order chi connectivity index (χ1) is 9.54. The van der Waals surface area contributed by atoms with E-state index < -0.39 is 0 Å². The van der Waals surface area contributed by atoms with Gasteiger partial charge in [0.05, 0.1) is 0 Å². The Labute approximate surface area is 123 Å². The fraction of sp³-hybridized carbons (Fsp3) is 0.941. The maximum atomic E-state index is 12.2. The molecule has 0 radical (unpaired) electrons. The van der Waals surface area contributed by atoms with Crippen molar-refractivity contribution in [3.05, 3.63) is 0 Å². The van der Waals surface area contributed by atoms with E-state index in [1.54, 1.807) is 0 Å². The minimum absolute atomic E-state index is 0.163. The van der Waals surface area contributed by atoms with Crippen LogP contribution in [0, 0.1) is 23.7 Å². The van der Waals surface area contributed by atoms with Crippen molar-refractivity contribution in [3.8, 4) is 0 Å². The molecule has 3 rings (SSSR count). The third-order valence-electron chi connectivity index (χ3n) is 5.83. The molecule has 2 saturated heterocycles. The van der Waals surface area contributed by atoms with Gasteiger partial charge in [-0.1, -0.05) is 20.8 Å². The number of rotatable bonds is 3. The third kappa shape index (κ3) is 2.74. The molecule has 2 aliphatic heterocycles. The number of nitrogens with zero attached hydrogens (tertiary/aromatic N) is 2. The van der Waals surface area contributed by atoms with Crippen molar-refractivity contribution < 1.29 is 4.79 Å². The highest BCUT2D eigenvalue weighted by molar-refractivity contribution is 5.79. The topological polar surface area (TPSA) is 23.6 Å². The van der Waals surface area contributed by atoms with E-state index in [0.29, 0.717) is 11.9 Å². The Morgan fingerprint density at radius 3 is 2.45 bits per heavy atom. The fourth-order valence-electron chi connectivity index (χ4n) is 4.46. The molecule has 3 nitrogen and oxygen atoms in total. The molecule has 0 aromatic heterocycles. The summed E-state index contributed by atoms with van der Waals surface area (Å²) in [6.45, 7) is 11.4. The van der Waals surface area contributed by atoms with Crippen molar-refractivity contribution in [1.29, 1.82) is 0 Å². The molecule has 1 amide bonds. The highest BCUT2D eigenvalue weighted by Gasteiger charge is 2.46. The molecule has 3 aliphatic rings. The highest BCUT2D eigenvalue weighted by Crippen LogP contribution is 2.43. The number of amides is 1. The van der Waals surface area contributed by atoms with Crippen molar-refractivity contribution >= 4 is 5.91 Å². The summed E-state index contributed by atoms with van der Waals surface area (Å²) < 4.78 is 0. The maximum absolute atomic E-state index is 12.2. The van der Waals surface area contributed by atoms with Gasteiger partial charge in [-0.3, -0.25) is 4.79 Å². The summed E-state index contributed by atoms with van der Waals surface area (Å²) in [5.41, 5.74) is 0. The first-order valence-electron chi connectivity index (χ1n) is 8.57. The van der Waals surface area contributed by atoms with Crippen LogP contribution in [0.3, 0.4) is 0 Å². The zero-order valence-electron chi connectivity index (χ0n) is 13.3. The first kappa shape index (κ1) is 14.4. The first-order valence-corrected chi connectivity index (χ1v) is 8.57. The number of fused-ring (bicyclic) bond motifs is 2. The second kappa shape index (κ2) is 5.67. The summed E-state index contributed by atoms with van der Waals surface area (Å²) >= 11 is 0. The molecule has 1 aliphatic carbocycles. The number of hydrogen-bond donors (Lipinski definition) is 0. The van der Waals surface area contributed by atoms with Crippen LogP contribution in [0.25, 0.3) is 0 Å². The van der Waals surface area contributed by atoms with Gasteiger partial charge in [0.15, 0.2) is 0 Å². The Balaban J connectivity index is 1.50. The molecule has 3 fully saturated rings. The van der Waals surface area contributed by atoms with Crippen LogP contribution in [-0.4, -0.2) is 47.9 Å². The van der Waals surface area contributed by atoms with E-state index in [1.165, 1.54) is 45.3 Å². The van der Waals surface area contributed by atoms with Crippen LogP contribution >= 0.6 is 0 Å². The minimum Gasteiger partial charge on any atom is -0.339 e. The molecule has 3 atom stereocenters. The normalized spacial score (nSPS) is 35.2. The Hall–Kier alpha value is -0.570. The largest absolute Gasteiger partial charge is 0.339 e. The van der Waals surface area contributed by atoms with E-state index in [2.05, 4.69) is 16.7 Å². The van der Waals surface area contributed by atoms with Crippen molar-refractivity contribution in [2.24, 2.45) is 23.7 Å². The average molecular weight is 278 g/mol. The van der Waals surface area contributed by atoms with E-state index in [-0.39, 0.29) is 5.92 Å². The SMILES string of the molecule is CC1CCN(CC2CC3CC2CN3C(=O)C(C)C)CC1. The van der Waals surface area contributed by atoms with Gasteiger partial charge in [-0.15, -0.1) is 0 Å². The number of carbonyl (C=O) groups excluding carboxylic acids is 1. The van der Waals surface area contributed by atoms with E-state index in [1.807, 2.05) is 13.8 Å². The van der Waals surface area contributed by atoms with Crippen LogP contribution in [-0.2, 0) is 4.79 Å². The van der Waals surface area contributed by atoms with Gasteiger partial charge >= 0.3 is 0 Å². The molecule has 2 heterocycles. The number of hydrogen-bond acceptors (Lipinski definition) is 2. The summed E-state index contributed by atoms with van der Waals surface area (Å²) in [4.78, 5) is 17.0. The van der Waals surface area contributed by atoms with Crippen molar-refractivity contribution in [3.63, 3.8) is 0 Å². The lowest BCUT2D eigenvalue weighted by Crippen LogP contribution is -2.45. The molecule has 0 aromatic carbocycles. The van der Waals surface area contributed by atoms with Crippen LogP contribution in [0.15, 0.2) is 0 Å².